The maximum absolute atomic E-state index is 13.7. The second-order valence-electron chi connectivity index (χ2n) is 9.17. The summed E-state index contributed by atoms with van der Waals surface area (Å²) in [4.78, 5) is 32.5. The normalized spacial score (nSPS) is 15.7. The smallest absolute Gasteiger partial charge is 0.271 e. The van der Waals surface area contributed by atoms with Crippen molar-refractivity contribution in [3.8, 4) is 0 Å². The molecule has 1 unspecified atom stereocenters. The summed E-state index contributed by atoms with van der Waals surface area (Å²) >= 11 is 1.30. The van der Waals surface area contributed by atoms with Gasteiger partial charge in [0.15, 0.2) is 4.80 Å². The molecule has 1 N–H and O–H groups in total. The molecule has 1 aliphatic rings. The number of furan rings is 1. The van der Waals surface area contributed by atoms with Gasteiger partial charge in [-0.25, -0.2) is 4.99 Å². The first-order valence-electron chi connectivity index (χ1n) is 11.9. The summed E-state index contributed by atoms with van der Waals surface area (Å²) in [6.45, 7) is 7.96. The average molecular weight is 498 g/mol. The van der Waals surface area contributed by atoms with Crippen LogP contribution in [0.3, 0.4) is 0 Å². The van der Waals surface area contributed by atoms with Crippen LogP contribution in [0.15, 0.2) is 92.2 Å². The number of rotatable bonds is 5. The molecule has 36 heavy (non-hydrogen) atoms. The van der Waals surface area contributed by atoms with E-state index in [1.807, 2.05) is 68.4 Å². The monoisotopic (exact) mass is 497 g/mol. The molecular weight excluding hydrogens is 470 g/mol. The quantitative estimate of drug-likeness (QED) is 0.426. The lowest BCUT2D eigenvalue weighted by molar-refractivity contribution is -0.113. The Hall–Kier alpha value is -3.97. The van der Waals surface area contributed by atoms with E-state index in [0.29, 0.717) is 38.0 Å². The zero-order chi connectivity index (χ0) is 25.4. The van der Waals surface area contributed by atoms with Gasteiger partial charge in [-0.1, -0.05) is 67.6 Å². The lowest BCUT2D eigenvalue weighted by atomic mass is 9.93. The molecule has 0 saturated heterocycles. The molecule has 0 radical (unpaired) electrons. The number of fused-ring (bicyclic) bond motifs is 1. The van der Waals surface area contributed by atoms with Crippen molar-refractivity contribution in [2.24, 2.45) is 4.99 Å². The fraction of sp³-hybridized carbons (Fsp3) is 0.207. The van der Waals surface area contributed by atoms with Gasteiger partial charge in [0.05, 0.1) is 21.8 Å². The number of nitrogens with one attached hydrogen (secondary N) is 1. The van der Waals surface area contributed by atoms with E-state index >= 15 is 0 Å². The van der Waals surface area contributed by atoms with Gasteiger partial charge in [-0.15, -0.1) is 0 Å². The van der Waals surface area contributed by atoms with Gasteiger partial charge >= 0.3 is 0 Å². The lowest BCUT2D eigenvalue weighted by Crippen LogP contribution is -2.40. The van der Waals surface area contributed by atoms with Gasteiger partial charge in [-0.3, -0.25) is 14.2 Å². The second-order valence-corrected chi connectivity index (χ2v) is 10.2. The van der Waals surface area contributed by atoms with Gasteiger partial charge in [0.25, 0.3) is 11.5 Å². The molecule has 1 aliphatic heterocycles. The van der Waals surface area contributed by atoms with E-state index < -0.39 is 6.04 Å². The minimum atomic E-state index is -0.605. The highest BCUT2D eigenvalue weighted by Crippen LogP contribution is 2.31. The number of benzene rings is 2. The Kier molecular flexibility index (Phi) is 6.33. The molecule has 4 aromatic rings. The zero-order valence-electron chi connectivity index (χ0n) is 20.6. The average Bonchev–Trinajstić information content (AvgIpc) is 3.41. The van der Waals surface area contributed by atoms with E-state index in [9.17, 15) is 9.59 Å². The minimum Gasteiger partial charge on any atom is -0.462 e. The van der Waals surface area contributed by atoms with Crippen LogP contribution in [0.2, 0.25) is 0 Å². The number of aromatic nitrogens is 1. The van der Waals surface area contributed by atoms with Crippen LogP contribution in [0.1, 0.15) is 55.4 Å². The van der Waals surface area contributed by atoms with Crippen molar-refractivity contribution in [2.75, 3.05) is 5.32 Å². The Morgan fingerprint density at radius 1 is 1.06 bits per heavy atom. The molecule has 5 rings (SSSR count). The van der Waals surface area contributed by atoms with Gasteiger partial charge in [0, 0.05) is 11.8 Å². The third-order valence-electron chi connectivity index (χ3n) is 6.25. The van der Waals surface area contributed by atoms with Crippen LogP contribution in [-0.4, -0.2) is 10.5 Å². The van der Waals surface area contributed by atoms with Gasteiger partial charge in [-0.05, 0) is 55.2 Å². The van der Waals surface area contributed by atoms with Crippen LogP contribution in [-0.2, 0) is 4.79 Å². The number of carbonyl (C=O) groups is 1. The first-order chi connectivity index (χ1) is 17.3. The molecule has 0 bridgehead atoms. The molecule has 0 spiro atoms. The van der Waals surface area contributed by atoms with Crippen molar-refractivity contribution >= 4 is 29.0 Å². The zero-order valence-corrected chi connectivity index (χ0v) is 21.4. The summed E-state index contributed by atoms with van der Waals surface area (Å²) in [5, 5.41) is 2.98. The Morgan fingerprint density at radius 3 is 2.42 bits per heavy atom. The predicted octanol–water partition coefficient (Wildman–Crippen LogP) is 4.90. The molecule has 6 nitrogen and oxygen atoms in total. The number of nitrogens with zero attached hydrogens (tertiary/aromatic N) is 2. The van der Waals surface area contributed by atoms with E-state index in [2.05, 4.69) is 36.3 Å². The summed E-state index contributed by atoms with van der Waals surface area (Å²) in [6.07, 6.45) is 1.73. The molecule has 2 aromatic heterocycles. The van der Waals surface area contributed by atoms with Gasteiger partial charge in [0.2, 0.25) is 0 Å². The largest absolute Gasteiger partial charge is 0.462 e. The third-order valence-corrected chi connectivity index (χ3v) is 7.23. The maximum atomic E-state index is 13.7. The lowest BCUT2D eigenvalue weighted by Gasteiger charge is -2.25. The van der Waals surface area contributed by atoms with Crippen molar-refractivity contribution in [2.45, 2.75) is 39.7 Å². The fourth-order valence-electron chi connectivity index (χ4n) is 4.37. The van der Waals surface area contributed by atoms with Crippen molar-refractivity contribution in [3.05, 3.63) is 120 Å². The van der Waals surface area contributed by atoms with Crippen molar-refractivity contribution in [1.82, 2.24) is 4.57 Å². The van der Waals surface area contributed by atoms with E-state index in [4.69, 9.17) is 4.42 Å². The summed E-state index contributed by atoms with van der Waals surface area (Å²) in [5.41, 5.74) is 3.56. The van der Waals surface area contributed by atoms with E-state index in [0.717, 1.165) is 11.3 Å². The number of para-hydroxylation sites is 1. The highest BCUT2D eigenvalue weighted by atomic mass is 32.1. The Morgan fingerprint density at radius 2 is 1.78 bits per heavy atom. The van der Waals surface area contributed by atoms with Gasteiger partial charge < -0.3 is 9.73 Å². The number of thiazole rings is 1. The van der Waals surface area contributed by atoms with Gasteiger partial charge in [-0.2, -0.15) is 0 Å². The van der Waals surface area contributed by atoms with Crippen LogP contribution in [0.4, 0.5) is 5.69 Å². The molecule has 3 heterocycles. The minimum absolute atomic E-state index is 0.205. The summed E-state index contributed by atoms with van der Waals surface area (Å²) in [6, 6.07) is 20.5. The number of anilines is 1. The number of hydrogen-bond donors (Lipinski definition) is 1. The van der Waals surface area contributed by atoms with Crippen LogP contribution < -0.4 is 20.2 Å². The van der Waals surface area contributed by atoms with Crippen LogP contribution >= 0.6 is 11.3 Å². The van der Waals surface area contributed by atoms with Crippen molar-refractivity contribution in [3.63, 3.8) is 0 Å². The van der Waals surface area contributed by atoms with E-state index in [1.54, 1.807) is 10.6 Å². The number of amides is 1. The predicted molar refractivity (Wildman–Crippen MR) is 143 cm³/mol. The summed E-state index contributed by atoms with van der Waals surface area (Å²) < 4.78 is 7.80. The van der Waals surface area contributed by atoms with E-state index in [1.165, 1.54) is 16.9 Å². The molecule has 1 amide bonds. The topological polar surface area (TPSA) is 76.6 Å². The van der Waals surface area contributed by atoms with Crippen molar-refractivity contribution < 1.29 is 9.21 Å². The number of allylic oxidation sites excluding steroid dienone is 1. The molecule has 1 atom stereocenters. The fourth-order valence-corrected chi connectivity index (χ4v) is 5.40. The molecule has 182 valence electrons. The van der Waals surface area contributed by atoms with Crippen LogP contribution in [0, 0.1) is 6.92 Å². The number of carbonyl (C=O) groups excluding carboxylic acids is 1. The SMILES string of the molecule is CC1=C(C(=O)Nc2ccccc2)C(c2ccc(C(C)C)cc2)n2c(s/c(=C\c3ccc(C)o3)c2=O)=N1. The molecule has 0 aliphatic carbocycles. The maximum Gasteiger partial charge on any atom is 0.271 e. The molecule has 0 fully saturated rings. The summed E-state index contributed by atoms with van der Waals surface area (Å²) in [5.74, 6) is 1.47. The van der Waals surface area contributed by atoms with Crippen LogP contribution in [0.5, 0.6) is 0 Å². The Bertz CT molecular complexity index is 1640. The molecule has 2 aromatic carbocycles. The third kappa shape index (κ3) is 4.50. The highest BCUT2D eigenvalue weighted by Gasteiger charge is 2.32. The first kappa shape index (κ1) is 23.8. The first-order valence-corrected chi connectivity index (χ1v) is 12.7. The van der Waals surface area contributed by atoms with E-state index in [-0.39, 0.29) is 11.5 Å². The highest BCUT2D eigenvalue weighted by molar-refractivity contribution is 7.07. The van der Waals surface area contributed by atoms with Gasteiger partial charge in [0.1, 0.15) is 11.5 Å². The van der Waals surface area contributed by atoms with Crippen LogP contribution in [0.25, 0.3) is 6.08 Å². The standard InChI is InChI=1S/C29H27N3O3S/c1-17(2)20-11-13-21(14-12-20)26-25(27(33)31-22-8-6-5-7-9-22)19(4)30-29-32(26)28(34)24(36-29)16-23-15-10-18(3)35-23/h5-17,26H,1-4H3,(H,31,33)/b24-16-. The second kappa shape index (κ2) is 9.59. The molecule has 0 saturated carbocycles. The Balaban J connectivity index is 1.67. The number of aryl methyl sites for hydroxylation is 1. The Labute approximate surface area is 212 Å². The molecule has 7 heteroatoms. The van der Waals surface area contributed by atoms with Crippen molar-refractivity contribution in [1.29, 1.82) is 0 Å². The summed E-state index contributed by atoms with van der Waals surface area (Å²) in [7, 11) is 0. The molecular formula is C29H27N3O3S. The number of hydrogen-bond acceptors (Lipinski definition) is 5.